The SMILES string of the molecule is CC1CC(C#N)=CC=C1c1cccc(OC2C[C@H]3CC[C@@H](C2)N3)c1F. The number of halogens is 1. The Morgan fingerprint density at radius 2 is 1.96 bits per heavy atom. The Morgan fingerprint density at radius 3 is 2.64 bits per heavy atom. The van der Waals surface area contributed by atoms with Crippen LogP contribution in [-0.2, 0) is 0 Å². The van der Waals surface area contributed by atoms with E-state index in [4.69, 9.17) is 10.00 Å². The summed E-state index contributed by atoms with van der Waals surface area (Å²) in [6.07, 6.45) is 8.72. The molecule has 0 spiro atoms. The summed E-state index contributed by atoms with van der Waals surface area (Å²) >= 11 is 0. The van der Waals surface area contributed by atoms with E-state index < -0.39 is 0 Å². The maximum atomic E-state index is 15.1. The van der Waals surface area contributed by atoms with Crippen LogP contribution in [0.2, 0.25) is 0 Å². The number of allylic oxidation sites excluding steroid dienone is 4. The first-order valence-electron chi connectivity index (χ1n) is 9.16. The first kappa shape index (κ1) is 16.4. The molecule has 1 N–H and O–H groups in total. The molecule has 1 aromatic rings. The third-order valence-electron chi connectivity index (χ3n) is 5.66. The number of rotatable bonds is 3. The van der Waals surface area contributed by atoms with Gasteiger partial charge in [-0.2, -0.15) is 5.26 Å². The van der Waals surface area contributed by atoms with Crippen molar-refractivity contribution in [3.05, 3.63) is 47.3 Å². The molecule has 2 saturated heterocycles. The van der Waals surface area contributed by atoms with Crippen molar-refractivity contribution < 1.29 is 9.13 Å². The van der Waals surface area contributed by atoms with E-state index in [1.54, 1.807) is 12.1 Å². The molecule has 0 radical (unpaired) electrons. The Labute approximate surface area is 148 Å². The fourth-order valence-electron chi connectivity index (χ4n) is 4.41. The summed E-state index contributed by atoms with van der Waals surface area (Å²) in [6.45, 7) is 2.04. The Kier molecular flexibility index (Phi) is 4.35. The third-order valence-corrected chi connectivity index (χ3v) is 5.66. The molecule has 4 heteroatoms. The van der Waals surface area contributed by atoms with Crippen LogP contribution in [0, 0.1) is 23.1 Å². The van der Waals surface area contributed by atoms with Gasteiger partial charge in [0.1, 0.15) is 6.10 Å². The van der Waals surface area contributed by atoms with E-state index >= 15 is 4.39 Å². The highest BCUT2D eigenvalue weighted by Gasteiger charge is 2.35. The van der Waals surface area contributed by atoms with Crippen LogP contribution in [0.4, 0.5) is 4.39 Å². The van der Waals surface area contributed by atoms with Crippen LogP contribution in [0.1, 0.15) is 44.6 Å². The second-order valence-corrected chi connectivity index (χ2v) is 7.50. The largest absolute Gasteiger partial charge is 0.487 e. The first-order valence-corrected chi connectivity index (χ1v) is 9.16. The molecule has 4 rings (SSSR count). The number of piperidine rings is 1. The summed E-state index contributed by atoms with van der Waals surface area (Å²) in [7, 11) is 0. The van der Waals surface area contributed by atoms with Gasteiger partial charge in [0.2, 0.25) is 0 Å². The van der Waals surface area contributed by atoms with Crippen molar-refractivity contribution in [1.29, 1.82) is 5.26 Å². The topological polar surface area (TPSA) is 45.0 Å². The first-order chi connectivity index (χ1) is 12.1. The summed E-state index contributed by atoms with van der Waals surface area (Å²) < 4.78 is 21.2. The molecule has 0 amide bonds. The number of benzene rings is 1. The Bertz CT molecular complexity index is 765. The van der Waals surface area contributed by atoms with Gasteiger partial charge in [-0.15, -0.1) is 0 Å². The second-order valence-electron chi connectivity index (χ2n) is 7.50. The number of hydrogen-bond donors (Lipinski definition) is 1. The van der Waals surface area contributed by atoms with Crippen LogP contribution in [0.3, 0.4) is 0 Å². The Morgan fingerprint density at radius 1 is 1.20 bits per heavy atom. The second kappa shape index (κ2) is 6.65. The Hall–Kier alpha value is -2.12. The van der Waals surface area contributed by atoms with Crippen molar-refractivity contribution in [2.75, 3.05) is 0 Å². The van der Waals surface area contributed by atoms with Crippen LogP contribution in [-0.4, -0.2) is 18.2 Å². The summed E-state index contributed by atoms with van der Waals surface area (Å²) in [5, 5.41) is 12.6. The van der Waals surface area contributed by atoms with Crippen molar-refractivity contribution in [3.8, 4) is 11.8 Å². The molecular weight excluding hydrogens is 315 g/mol. The number of hydrogen-bond acceptors (Lipinski definition) is 3. The van der Waals surface area contributed by atoms with Gasteiger partial charge in [-0.25, -0.2) is 4.39 Å². The number of nitriles is 1. The molecule has 130 valence electrons. The predicted molar refractivity (Wildman–Crippen MR) is 95.4 cm³/mol. The number of fused-ring (bicyclic) bond motifs is 2. The van der Waals surface area contributed by atoms with Crippen LogP contribution in [0.25, 0.3) is 5.57 Å². The molecule has 0 saturated carbocycles. The lowest BCUT2D eigenvalue weighted by Crippen LogP contribution is -2.42. The van der Waals surface area contributed by atoms with E-state index in [0.29, 0.717) is 29.8 Å². The normalized spacial score (nSPS) is 31.1. The molecule has 2 bridgehead atoms. The molecule has 4 atom stereocenters. The zero-order valence-corrected chi connectivity index (χ0v) is 14.5. The maximum absolute atomic E-state index is 15.1. The van der Waals surface area contributed by atoms with E-state index in [-0.39, 0.29) is 17.8 Å². The van der Waals surface area contributed by atoms with E-state index in [9.17, 15) is 0 Å². The zero-order chi connectivity index (χ0) is 17.4. The number of nitrogens with zero attached hydrogens (tertiary/aromatic N) is 1. The fraction of sp³-hybridized carbons (Fsp3) is 0.476. The number of nitrogens with one attached hydrogen (secondary N) is 1. The molecule has 25 heavy (non-hydrogen) atoms. The van der Waals surface area contributed by atoms with Crippen molar-refractivity contribution in [2.24, 2.45) is 5.92 Å². The lowest BCUT2D eigenvalue weighted by Gasteiger charge is -2.30. The van der Waals surface area contributed by atoms with Crippen molar-refractivity contribution >= 4 is 5.57 Å². The molecule has 2 unspecified atom stereocenters. The van der Waals surface area contributed by atoms with Crippen LogP contribution in [0.5, 0.6) is 5.75 Å². The van der Waals surface area contributed by atoms with Crippen LogP contribution >= 0.6 is 0 Å². The molecule has 1 aliphatic carbocycles. The van der Waals surface area contributed by atoms with Crippen LogP contribution in [0.15, 0.2) is 35.9 Å². The van der Waals surface area contributed by atoms with E-state index in [1.165, 1.54) is 12.8 Å². The maximum Gasteiger partial charge on any atom is 0.172 e. The highest BCUT2D eigenvalue weighted by atomic mass is 19.1. The molecule has 2 fully saturated rings. The van der Waals surface area contributed by atoms with Gasteiger partial charge in [0.05, 0.1) is 6.07 Å². The highest BCUT2D eigenvalue weighted by molar-refractivity contribution is 5.72. The molecule has 3 aliphatic rings. The third kappa shape index (κ3) is 3.21. The molecule has 1 aromatic carbocycles. The monoisotopic (exact) mass is 338 g/mol. The van der Waals surface area contributed by atoms with Gasteiger partial charge in [-0.05, 0) is 55.7 Å². The highest BCUT2D eigenvalue weighted by Crippen LogP contribution is 2.37. The predicted octanol–water partition coefficient (Wildman–Crippen LogP) is 4.36. The summed E-state index contributed by atoms with van der Waals surface area (Å²) in [6, 6.07) is 8.63. The van der Waals surface area contributed by atoms with Gasteiger partial charge in [0.25, 0.3) is 0 Å². The summed E-state index contributed by atoms with van der Waals surface area (Å²) in [5.74, 6) is 0.200. The van der Waals surface area contributed by atoms with Gasteiger partial charge in [0.15, 0.2) is 11.6 Å². The Balaban J connectivity index is 1.57. The average Bonchev–Trinajstić information content (AvgIpc) is 2.95. The fourth-order valence-corrected chi connectivity index (χ4v) is 4.41. The van der Waals surface area contributed by atoms with Gasteiger partial charge >= 0.3 is 0 Å². The zero-order valence-electron chi connectivity index (χ0n) is 14.5. The lowest BCUT2D eigenvalue weighted by molar-refractivity contribution is 0.132. The van der Waals surface area contributed by atoms with Gasteiger partial charge in [-0.3, -0.25) is 0 Å². The molecule has 2 aliphatic heterocycles. The van der Waals surface area contributed by atoms with Crippen molar-refractivity contribution in [3.63, 3.8) is 0 Å². The van der Waals surface area contributed by atoms with Gasteiger partial charge in [-0.1, -0.05) is 25.1 Å². The molecule has 3 nitrogen and oxygen atoms in total. The van der Waals surface area contributed by atoms with Crippen molar-refractivity contribution in [2.45, 2.75) is 57.2 Å². The standard InChI is InChI=1S/C21H23FN2O/c1-13-9-14(12-23)5-8-18(13)19-3-2-4-20(21(19)22)25-17-10-15-6-7-16(11-17)24-15/h2-5,8,13,15-17,24H,6-7,9-11H2,1H3/t13?,15-,16+,17?. The molecule has 0 aromatic heterocycles. The van der Waals surface area contributed by atoms with Gasteiger partial charge < -0.3 is 10.1 Å². The minimum absolute atomic E-state index is 0.0892. The van der Waals surface area contributed by atoms with E-state index in [1.807, 2.05) is 25.1 Å². The molecule has 2 heterocycles. The number of ether oxygens (including phenoxy) is 1. The van der Waals surface area contributed by atoms with Gasteiger partial charge in [0, 0.05) is 23.2 Å². The quantitative estimate of drug-likeness (QED) is 0.890. The summed E-state index contributed by atoms with van der Waals surface area (Å²) in [4.78, 5) is 0. The lowest BCUT2D eigenvalue weighted by atomic mass is 9.84. The minimum Gasteiger partial charge on any atom is -0.487 e. The van der Waals surface area contributed by atoms with Crippen molar-refractivity contribution in [1.82, 2.24) is 5.32 Å². The molecular formula is C21H23FN2O. The summed E-state index contributed by atoms with van der Waals surface area (Å²) in [5.41, 5.74) is 2.27. The van der Waals surface area contributed by atoms with E-state index in [2.05, 4.69) is 11.4 Å². The minimum atomic E-state index is -0.278. The average molecular weight is 338 g/mol. The van der Waals surface area contributed by atoms with Crippen LogP contribution < -0.4 is 10.1 Å². The van der Waals surface area contributed by atoms with E-state index in [0.717, 1.165) is 24.0 Å². The smallest absolute Gasteiger partial charge is 0.172 e.